The second kappa shape index (κ2) is 5.85. The molecule has 2 nitrogen and oxygen atoms in total. The van der Waals surface area contributed by atoms with E-state index in [2.05, 4.69) is 18.7 Å². The van der Waals surface area contributed by atoms with Gasteiger partial charge < -0.3 is 0 Å². The zero-order valence-electron chi connectivity index (χ0n) is 11.0. The molecule has 0 aliphatic carbocycles. The van der Waals surface area contributed by atoms with Crippen LogP contribution in [0.1, 0.15) is 37.0 Å². The fourth-order valence-corrected chi connectivity index (χ4v) is 2.68. The van der Waals surface area contributed by atoms with Crippen molar-refractivity contribution in [3.05, 3.63) is 34.9 Å². The first-order valence-electron chi connectivity index (χ1n) is 6.60. The summed E-state index contributed by atoms with van der Waals surface area (Å²) in [6, 6.07) is 7.66. The summed E-state index contributed by atoms with van der Waals surface area (Å²) in [5, 5.41) is 0.673. The van der Waals surface area contributed by atoms with Crippen molar-refractivity contribution in [2.75, 3.05) is 13.1 Å². The molecule has 1 aromatic rings. The van der Waals surface area contributed by atoms with E-state index in [-0.39, 0.29) is 5.78 Å². The number of piperidine rings is 1. The summed E-state index contributed by atoms with van der Waals surface area (Å²) < 4.78 is 0. The van der Waals surface area contributed by atoms with Crippen LogP contribution >= 0.6 is 11.6 Å². The van der Waals surface area contributed by atoms with Crippen molar-refractivity contribution in [1.29, 1.82) is 0 Å². The van der Waals surface area contributed by atoms with Gasteiger partial charge in [0.2, 0.25) is 0 Å². The van der Waals surface area contributed by atoms with E-state index in [9.17, 15) is 4.79 Å². The summed E-state index contributed by atoms with van der Waals surface area (Å²) in [5.74, 6) is 0.865. The van der Waals surface area contributed by atoms with E-state index in [1.165, 1.54) is 12.8 Å². The minimum atomic E-state index is 0.188. The highest BCUT2D eigenvalue weighted by atomic mass is 35.5. The highest BCUT2D eigenvalue weighted by Gasteiger charge is 2.26. The average molecular weight is 266 g/mol. The Bertz CT molecular complexity index is 415. The van der Waals surface area contributed by atoms with Gasteiger partial charge in [-0.1, -0.05) is 18.5 Å². The number of ketones is 1. The van der Waals surface area contributed by atoms with Crippen molar-refractivity contribution in [1.82, 2.24) is 4.90 Å². The Morgan fingerprint density at radius 3 is 2.67 bits per heavy atom. The molecular weight excluding hydrogens is 246 g/mol. The standard InChI is InChI=1S/C15H20ClNO/c1-11-4-3-9-17(12(11)2)10-15(18)13-5-7-14(16)8-6-13/h5-8,11-12H,3-4,9-10H2,1-2H3. The van der Waals surface area contributed by atoms with Crippen LogP contribution in [-0.2, 0) is 0 Å². The lowest BCUT2D eigenvalue weighted by atomic mass is 9.91. The van der Waals surface area contributed by atoms with Crippen LogP contribution in [0.25, 0.3) is 0 Å². The first kappa shape index (κ1) is 13.6. The molecule has 0 spiro atoms. The van der Waals surface area contributed by atoms with E-state index in [4.69, 9.17) is 11.6 Å². The van der Waals surface area contributed by atoms with Gasteiger partial charge in [-0.05, 0) is 56.5 Å². The monoisotopic (exact) mass is 265 g/mol. The van der Waals surface area contributed by atoms with Gasteiger partial charge in [-0.15, -0.1) is 0 Å². The van der Waals surface area contributed by atoms with Gasteiger partial charge in [0.05, 0.1) is 6.54 Å². The van der Waals surface area contributed by atoms with Crippen molar-refractivity contribution < 1.29 is 4.79 Å². The van der Waals surface area contributed by atoms with Crippen LogP contribution < -0.4 is 0 Å². The zero-order valence-corrected chi connectivity index (χ0v) is 11.8. The molecule has 0 amide bonds. The predicted molar refractivity (Wildman–Crippen MR) is 75.2 cm³/mol. The molecule has 1 heterocycles. The maximum absolute atomic E-state index is 12.2. The molecule has 2 atom stereocenters. The molecule has 0 bridgehead atoms. The van der Waals surface area contributed by atoms with E-state index in [0.29, 0.717) is 23.5 Å². The number of carbonyl (C=O) groups excluding carboxylic acids is 1. The van der Waals surface area contributed by atoms with Gasteiger partial charge in [0.15, 0.2) is 5.78 Å². The van der Waals surface area contributed by atoms with Crippen LogP contribution in [0.15, 0.2) is 24.3 Å². The molecule has 0 saturated carbocycles. The van der Waals surface area contributed by atoms with Crippen LogP contribution in [0.5, 0.6) is 0 Å². The van der Waals surface area contributed by atoms with Crippen molar-refractivity contribution in [2.45, 2.75) is 32.7 Å². The van der Waals surface area contributed by atoms with Gasteiger partial charge in [0, 0.05) is 16.6 Å². The summed E-state index contributed by atoms with van der Waals surface area (Å²) in [5.41, 5.74) is 0.754. The van der Waals surface area contributed by atoms with Gasteiger partial charge in [0.25, 0.3) is 0 Å². The van der Waals surface area contributed by atoms with Gasteiger partial charge in [-0.2, -0.15) is 0 Å². The van der Waals surface area contributed by atoms with E-state index < -0.39 is 0 Å². The number of hydrogen-bond donors (Lipinski definition) is 0. The minimum Gasteiger partial charge on any atom is -0.293 e. The molecule has 1 aliphatic rings. The van der Waals surface area contributed by atoms with Gasteiger partial charge >= 0.3 is 0 Å². The van der Waals surface area contributed by atoms with Crippen LogP contribution in [0.2, 0.25) is 5.02 Å². The maximum Gasteiger partial charge on any atom is 0.176 e. The van der Waals surface area contributed by atoms with E-state index in [1.807, 2.05) is 12.1 Å². The molecule has 0 radical (unpaired) electrons. The summed E-state index contributed by atoms with van der Waals surface area (Å²) >= 11 is 5.83. The Morgan fingerprint density at radius 1 is 1.33 bits per heavy atom. The smallest absolute Gasteiger partial charge is 0.176 e. The summed E-state index contributed by atoms with van der Waals surface area (Å²) in [4.78, 5) is 14.5. The van der Waals surface area contributed by atoms with Crippen LogP contribution in [0.4, 0.5) is 0 Å². The molecule has 98 valence electrons. The second-order valence-corrected chi connectivity index (χ2v) is 5.70. The summed E-state index contributed by atoms with van der Waals surface area (Å²) in [7, 11) is 0. The maximum atomic E-state index is 12.2. The number of rotatable bonds is 3. The van der Waals surface area contributed by atoms with Crippen molar-refractivity contribution in [3.63, 3.8) is 0 Å². The zero-order chi connectivity index (χ0) is 13.1. The van der Waals surface area contributed by atoms with Crippen LogP contribution in [0, 0.1) is 5.92 Å². The normalized spacial score (nSPS) is 25.1. The third kappa shape index (κ3) is 3.12. The number of benzene rings is 1. The first-order chi connectivity index (χ1) is 8.58. The first-order valence-corrected chi connectivity index (χ1v) is 6.98. The lowest BCUT2D eigenvalue weighted by Gasteiger charge is -2.37. The SMILES string of the molecule is CC1CCCN(CC(=O)c2ccc(Cl)cc2)C1C. The highest BCUT2D eigenvalue weighted by molar-refractivity contribution is 6.30. The molecule has 1 fully saturated rings. The predicted octanol–water partition coefficient (Wildman–Crippen LogP) is 3.64. The Balaban J connectivity index is 2.00. The topological polar surface area (TPSA) is 20.3 Å². The Labute approximate surface area is 114 Å². The highest BCUT2D eigenvalue weighted by Crippen LogP contribution is 2.23. The van der Waals surface area contributed by atoms with E-state index in [0.717, 1.165) is 12.1 Å². The number of carbonyl (C=O) groups is 1. The van der Waals surface area contributed by atoms with Gasteiger partial charge in [-0.25, -0.2) is 0 Å². The lowest BCUT2D eigenvalue weighted by Crippen LogP contribution is -2.44. The molecular formula is C15H20ClNO. The summed E-state index contributed by atoms with van der Waals surface area (Å²) in [6.07, 6.45) is 2.46. The van der Waals surface area contributed by atoms with Crippen molar-refractivity contribution >= 4 is 17.4 Å². The number of halogens is 1. The minimum absolute atomic E-state index is 0.188. The largest absolute Gasteiger partial charge is 0.293 e. The number of Topliss-reactive ketones (excluding diaryl/α,β-unsaturated/α-hetero) is 1. The molecule has 1 saturated heterocycles. The molecule has 3 heteroatoms. The molecule has 2 unspecified atom stereocenters. The molecule has 0 N–H and O–H groups in total. The van der Waals surface area contributed by atoms with Gasteiger partial charge in [-0.3, -0.25) is 9.69 Å². The Hall–Kier alpha value is -0.860. The second-order valence-electron chi connectivity index (χ2n) is 5.26. The fraction of sp³-hybridized carbons (Fsp3) is 0.533. The number of likely N-dealkylation sites (tertiary alicyclic amines) is 1. The molecule has 1 aromatic carbocycles. The summed E-state index contributed by atoms with van der Waals surface area (Å²) in [6.45, 7) is 6.04. The quantitative estimate of drug-likeness (QED) is 0.778. The van der Waals surface area contributed by atoms with Gasteiger partial charge in [0.1, 0.15) is 0 Å². The molecule has 0 aromatic heterocycles. The number of hydrogen-bond acceptors (Lipinski definition) is 2. The molecule has 1 aliphatic heterocycles. The lowest BCUT2D eigenvalue weighted by molar-refractivity contribution is 0.0779. The molecule has 2 rings (SSSR count). The third-order valence-corrected chi connectivity index (χ3v) is 4.27. The van der Waals surface area contributed by atoms with Crippen LogP contribution in [-0.4, -0.2) is 29.8 Å². The third-order valence-electron chi connectivity index (χ3n) is 4.02. The fourth-order valence-electron chi connectivity index (χ4n) is 2.56. The van der Waals surface area contributed by atoms with Crippen molar-refractivity contribution in [3.8, 4) is 0 Å². The van der Waals surface area contributed by atoms with E-state index in [1.54, 1.807) is 12.1 Å². The Kier molecular flexibility index (Phi) is 4.41. The molecule has 18 heavy (non-hydrogen) atoms. The van der Waals surface area contributed by atoms with Crippen LogP contribution in [0.3, 0.4) is 0 Å². The number of nitrogens with zero attached hydrogens (tertiary/aromatic N) is 1. The van der Waals surface area contributed by atoms with Crippen molar-refractivity contribution in [2.24, 2.45) is 5.92 Å². The average Bonchev–Trinajstić information content (AvgIpc) is 2.36. The Morgan fingerprint density at radius 2 is 2.00 bits per heavy atom. The van der Waals surface area contributed by atoms with E-state index >= 15 is 0 Å².